The fraction of sp³-hybridized carbons (Fsp3) is 0.455. The summed E-state index contributed by atoms with van der Waals surface area (Å²) < 4.78 is 6.86. The van der Waals surface area contributed by atoms with Gasteiger partial charge >= 0.3 is 0 Å². The van der Waals surface area contributed by atoms with Crippen LogP contribution in [-0.2, 0) is 4.74 Å². The highest BCUT2D eigenvalue weighted by molar-refractivity contribution is 5.42. The summed E-state index contributed by atoms with van der Waals surface area (Å²) >= 11 is 0. The van der Waals surface area contributed by atoms with Gasteiger partial charge in [0.25, 0.3) is 0 Å². The molecule has 2 aromatic heterocycles. The maximum absolute atomic E-state index is 10.1. The molecule has 3 rings (SSSR count). The summed E-state index contributed by atoms with van der Waals surface area (Å²) in [6, 6.07) is 5.68. The van der Waals surface area contributed by atoms with Gasteiger partial charge in [0.2, 0.25) is 5.95 Å². The number of aliphatic hydroxyl groups is 1. The van der Waals surface area contributed by atoms with Crippen molar-refractivity contribution in [1.29, 1.82) is 0 Å². The number of hydrogen-bond acceptors (Lipinski definition) is 5. The molecule has 1 aliphatic heterocycles. The van der Waals surface area contributed by atoms with Crippen LogP contribution >= 0.6 is 0 Å². The molecule has 1 aliphatic rings. The lowest BCUT2D eigenvalue weighted by atomic mass is 10.0. The summed E-state index contributed by atoms with van der Waals surface area (Å²) in [4.78, 5) is 4.29. The van der Waals surface area contributed by atoms with E-state index in [1.807, 2.05) is 24.4 Å². The SMILES string of the molecule is OC1(CNc2nc3ccccn3n2)CCOC1. The van der Waals surface area contributed by atoms with Gasteiger partial charge in [-0.05, 0) is 12.1 Å². The predicted octanol–water partition coefficient (Wildman–Crippen LogP) is 0.293. The summed E-state index contributed by atoms with van der Waals surface area (Å²) in [6.07, 6.45) is 2.48. The van der Waals surface area contributed by atoms with Gasteiger partial charge in [-0.3, -0.25) is 0 Å². The molecule has 6 heteroatoms. The number of fused-ring (bicyclic) bond motifs is 1. The second-order valence-electron chi connectivity index (χ2n) is 4.32. The van der Waals surface area contributed by atoms with E-state index in [-0.39, 0.29) is 0 Å². The van der Waals surface area contributed by atoms with E-state index in [0.29, 0.717) is 32.1 Å². The molecule has 1 unspecified atom stereocenters. The van der Waals surface area contributed by atoms with Gasteiger partial charge < -0.3 is 15.2 Å². The molecule has 2 aromatic rings. The van der Waals surface area contributed by atoms with E-state index in [4.69, 9.17) is 4.74 Å². The van der Waals surface area contributed by atoms with Gasteiger partial charge in [0, 0.05) is 25.8 Å². The van der Waals surface area contributed by atoms with Gasteiger partial charge in [-0.25, -0.2) is 4.52 Å². The third-order valence-electron chi connectivity index (χ3n) is 2.90. The molecule has 0 radical (unpaired) electrons. The van der Waals surface area contributed by atoms with Gasteiger partial charge in [0.1, 0.15) is 5.60 Å². The monoisotopic (exact) mass is 234 g/mol. The smallest absolute Gasteiger partial charge is 0.243 e. The molecule has 1 atom stereocenters. The minimum Gasteiger partial charge on any atom is -0.386 e. The van der Waals surface area contributed by atoms with Crippen LogP contribution in [0.15, 0.2) is 24.4 Å². The second kappa shape index (κ2) is 3.97. The third-order valence-corrected chi connectivity index (χ3v) is 2.90. The highest BCUT2D eigenvalue weighted by atomic mass is 16.5. The Morgan fingerprint density at radius 3 is 3.24 bits per heavy atom. The van der Waals surface area contributed by atoms with E-state index in [2.05, 4.69) is 15.4 Å². The molecule has 1 saturated heterocycles. The molecule has 0 aliphatic carbocycles. The molecular formula is C11H14N4O2. The zero-order valence-electron chi connectivity index (χ0n) is 9.33. The first-order chi connectivity index (χ1) is 8.25. The van der Waals surface area contributed by atoms with E-state index in [1.54, 1.807) is 4.52 Å². The first-order valence-corrected chi connectivity index (χ1v) is 5.61. The maximum atomic E-state index is 10.1. The van der Waals surface area contributed by atoms with Crippen molar-refractivity contribution in [2.24, 2.45) is 0 Å². The Balaban J connectivity index is 1.72. The third kappa shape index (κ3) is 2.09. The first kappa shape index (κ1) is 10.5. The van der Waals surface area contributed by atoms with Crippen molar-refractivity contribution >= 4 is 11.6 Å². The Kier molecular flexibility index (Phi) is 2.45. The van der Waals surface area contributed by atoms with Gasteiger partial charge in [0.05, 0.1) is 6.61 Å². The summed E-state index contributed by atoms with van der Waals surface area (Å²) in [6.45, 7) is 1.38. The van der Waals surface area contributed by atoms with E-state index in [1.165, 1.54) is 0 Å². The number of anilines is 1. The molecule has 1 fully saturated rings. The predicted molar refractivity (Wildman–Crippen MR) is 61.9 cm³/mol. The number of nitrogens with one attached hydrogen (secondary N) is 1. The van der Waals surface area contributed by atoms with Crippen LogP contribution in [-0.4, -0.2) is 45.1 Å². The zero-order chi connectivity index (χ0) is 11.7. The van der Waals surface area contributed by atoms with Crippen LogP contribution in [0.1, 0.15) is 6.42 Å². The zero-order valence-corrected chi connectivity index (χ0v) is 9.33. The molecule has 2 N–H and O–H groups in total. The average Bonchev–Trinajstić information content (AvgIpc) is 2.93. The van der Waals surface area contributed by atoms with Gasteiger partial charge in [0.15, 0.2) is 5.65 Å². The van der Waals surface area contributed by atoms with Gasteiger partial charge in [-0.2, -0.15) is 4.98 Å². The van der Waals surface area contributed by atoms with Crippen molar-refractivity contribution in [3.8, 4) is 0 Å². The van der Waals surface area contributed by atoms with Crippen LogP contribution in [0.5, 0.6) is 0 Å². The summed E-state index contributed by atoms with van der Waals surface area (Å²) in [5.74, 6) is 0.525. The minimum absolute atomic E-state index is 0.368. The molecule has 6 nitrogen and oxygen atoms in total. The molecule has 0 amide bonds. The lowest BCUT2D eigenvalue weighted by Gasteiger charge is -2.19. The number of hydrogen-bond donors (Lipinski definition) is 2. The Hall–Kier alpha value is -1.66. The largest absolute Gasteiger partial charge is 0.386 e. The van der Waals surface area contributed by atoms with Crippen molar-refractivity contribution < 1.29 is 9.84 Å². The van der Waals surface area contributed by atoms with E-state index < -0.39 is 5.60 Å². The number of pyridine rings is 1. The lowest BCUT2D eigenvalue weighted by molar-refractivity contribution is 0.0380. The molecule has 17 heavy (non-hydrogen) atoms. The minimum atomic E-state index is -0.794. The molecule has 0 saturated carbocycles. The number of nitrogens with zero attached hydrogens (tertiary/aromatic N) is 3. The maximum Gasteiger partial charge on any atom is 0.243 e. The Bertz CT molecular complexity index is 486. The van der Waals surface area contributed by atoms with Crippen LogP contribution in [0.2, 0.25) is 0 Å². The number of aromatic nitrogens is 3. The molecule has 3 heterocycles. The number of ether oxygens (including phenoxy) is 1. The molecule has 0 spiro atoms. The topological polar surface area (TPSA) is 71.7 Å². The Morgan fingerprint density at radius 2 is 2.47 bits per heavy atom. The Morgan fingerprint density at radius 1 is 1.53 bits per heavy atom. The van der Waals surface area contributed by atoms with Crippen molar-refractivity contribution in [3.05, 3.63) is 24.4 Å². The summed E-state index contributed by atoms with van der Waals surface area (Å²) in [5.41, 5.74) is -0.0121. The lowest BCUT2D eigenvalue weighted by Crippen LogP contribution is -2.37. The summed E-state index contributed by atoms with van der Waals surface area (Å²) in [5, 5.41) is 17.4. The van der Waals surface area contributed by atoms with Crippen molar-refractivity contribution in [3.63, 3.8) is 0 Å². The normalized spacial score (nSPS) is 24.3. The number of rotatable bonds is 3. The van der Waals surface area contributed by atoms with Crippen LogP contribution in [0.4, 0.5) is 5.95 Å². The van der Waals surface area contributed by atoms with Crippen molar-refractivity contribution in [1.82, 2.24) is 14.6 Å². The highest BCUT2D eigenvalue weighted by Gasteiger charge is 2.32. The van der Waals surface area contributed by atoms with Crippen LogP contribution in [0.25, 0.3) is 5.65 Å². The fourth-order valence-corrected chi connectivity index (χ4v) is 1.89. The fourth-order valence-electron chi connectivity index (χ4n) is 1.89. The molecule has 90 valence electrons. The standard InChI is InChI=1S/C11H14N4O2/c16-11(4-6-17-8-11)7-12-10-13-9-3-1-2-5-15(9)14-10/h1-3,5,16H,4,6-8H2,(H,12,14). The van der Waals surface area contributed by atoms with Crippen LogP contribution in [0.3, 0.4) is 0 Å². The van der Waals surface area contributed by atoms with E-state index >= 15 is 0 Å². The second-order valence-corrected chi connectivity index (χ2v) is 4.32. The first-order valence-electron chi connectivity index (χ1n) is 5.61. The molecule has 0 bridgehead atoms. The van der Waals surface area contributed by atoms with E-state index in [0.717, 1.165) is 5.65 Å². The summed E-state index contributed by atoms with van der Waals surface area (Å²) in [7, 11) is 0. The van der Waals surface area contributed by atoms with E-state index in [9.17, 15) is 5.11 Å². The molecular weight excluding hydrogens is 220 g/mol. The van der Waals surface area contributed by atoms with Crippen molar-refractivity contribution in [2.45, 2.75) is 12.0 Å². The van der Waals surface area contributed by atoms with Gasteiger partial charge in [-0.1, -0.05) is 6.07 Å². The quantitative estimate of drug-likeness (QED) is 0.798. The van der Waals surface area contributed by atoms with Crippen LogP contribution in [0, 0.1) is 0 Å². The Labute approximate surface area is 98.2 Å². The average molecular weight is 234 g/mol. The highest BCUT2D eigenvalue weighted by Crippen LogP contribution is 2.18. The van der Waals surface area contributed by atoms with Crippen LogP contribution < -0.4 is 5.32 Å². The molecule has 0 aromatic carbocycles. The van der Waals surface area contributed by atoms with Crippen molar-refractivity contribution in [2.75, 3.05) is 25.1 Å². The van der Waals surface area contributed by atoms with Gasteiger partial charge in [-0.15, -0.1) is 5.10 Å².